The van der Waals surface area contributed by atoms with Crippen molar-refractivity contribution in [2.45, 2.75) is 0 Å². The van der Waals surface area contributed by atoms with Gasteiger partial charge >= 0.3 is 0 Å². The van der Waals surface area contributed by atoms with Gasteiger partial charge in [0.05, 0.1) is 11.6 Å². The van der Waals surface area contributed by atoms with Crippen LogP contribution in [0, 0.1) is 11.3 Å². The Hall–Kier alpha value is -3.86. The van der Waals surface area contributed by atoms with Gasteiger partial charge < -0.3 is 20.3 Å². The van der Waals surface area contributed by atoms with Gasteiger partial charge in [0.15, 0.2) is 6.61 Å². The molecule has 8 nitrogen and oxygen atoms in total. The van der Waals surface area contributed by atoms with Crippen molar-refractivity contribution >= 4 is 23.4 Å². The topological polar surface area (TPSA) is 117 Å². The summed E-state index contributed by atoms with van der Waals surface area (Å²) in [5, 5.41) is 8.87. The molecular weight excluding hydrogens is 360 g/mol. The van der Waals surface area contributed by atoms with Crippen LogP contribution in [0.3, 0.4) is 0 Å². The van der Waals surface area contributed by atoms with E-state index in [9.17, 15) is 14.4 Å². The Morgan fingerprint density at radius 1 is 1.14 bits per heavy atom. The third kappa shape index (κ3) is 4.27. The van der Waals surface area contributed by atoms with Crippen molar-refractivity contribution in [3.8, 4) is 11.8 Å². The van der Waals surface area contributed by atoms with Crippen molar-refractivity contribution < 1.29 is 19.1 Å². The molecule has 0 radical (unpaired) electrons. The van der Waals surface area contributed by atoms with E-state index in [4.69, 9.17) is 15.7 Å². The number of nitrogens with zero attached hydrogens (tertiary/aromatic N) is 3. The molecule has 1 saturated heterocycles. The van der Waals surface area contributed by atoms with Crippen LogP contribution in [-0.4, -0.2) is 48.9 Å². The summed E-state index contributed by atoms with van der Waals surface area (Å²) in [6.45, 7) is 0.399. The Kier molecular flexibility index (Phi) is 5.56. The van der Waals surface area contributed by atoms with Crippen LogP contribution in [0.2, 0.25) is 0 Å². The van der Waals surface area contributed by atoms with Crippen LogP contribution in [0.1, 0.15) is 15.9 Å². The number of primary amides is 1. The maximum absolute atomic E-state index is 12.7. The fourth-order valence-corrected chi connectivity index (χ4v) is 2.89. The van der Waals surface area contributed by atoms with E-state index in [-0.39, 0.29) is 25.0 Å². The van der Waals surface area contributed by atoms with Gasteiger partial charge in [-0.1, -0.05) is 6.07 Å². The molecule has 8 heteroatoms. The van der Waals surface area contributed by atoms with Crippen LogP contribution >= 0.6 is 0 Å². The first-order chi connectivity index (χ1) is 13.5. The lowest BCUT2D eigenvalue weighted by Gasteiger charge is -2.34. The first-order valence-electron chi connectivity index (χ1n) is 8.59. The molecule has 0 spiro atoms. The smallest absolute Gasteiger partial charge is 0.255 e. The number of hydrogen-bond acceptors (Lipinski definition) is 5. The third-order valence-electron chi connectivity index (χ3n) is 4.28. The Morgan fingerprint density at radius 2 is 1.89 bits per heavy atom. The molecule has 2 N–H and O–H groups in total. The molecule has 1 heterocycles. The predicted octanol–water partition coefficient (Wildman–Crippen LogP) is 0.911. The number of nitrogens with two attached hydrogens (primary N) is 1. The van der Waals surface area contributed by atoms with Crippen molar-refractivity contribution in [1.29, 1.82) is 5.26 Å². The number of nitriles is 1. The van der Waals surface area contributed by atoms with Crippen LogP contribution in [-0.2, 0) is 9.59 Å². The normalized spacial score (nSPS) is 13.8. The van der Waals surface area contributed by atoms with Gasteiger partial charge in [-0.05, 0) is 42.5 Å². The van der Waals surface area contributed by atoms with Gasteiger partial charge in [0.25, 0.3) is 11.8 Å². The van der Waals surface area contributed by atoms with E-state index < -0.39 is 5.91 Å². The van der Waals surface area contributed by atoms with Crippen molar-refractivity contribution in [1.82, 2.24) is 4.90 Å². The van der Waals surface area contributed by atoms with Crippen LogP contribution in [0.5, 0.6) is 5.75 Å². The lowest BCUT2D eigenvalue weighted by Crippen LogP contribution is -2.52. The molecule has 1 aliphatic heterocycles. The largest absolute Gasteiger partial charge is 0.484 e. The highest BCUT2D eigenvalue weighted by atomic mass is 16.5. The minimum absolute atomic E-state index is 0.0504. The molecule has 1 fully saturated rings. The van der Waals surface area contributed by atoms with E-state index in [1.54, 1.807) is 47.4 Å². The number of ether oxygens (including phenoxy) is 1. The number of benzene rings is 2. The summed E-state index contributed by atoms with van der Waals surface area (Å²) in [6.07, 6.45) is 0. The maximum atomic E-state index is 12.7. The van der Waals surface area contributed by atoms with E-state index in [1.807, 2.05) is 6.07 Å². The van der Waals surface area contributed by atoms with Crippen molar-refractivity contribution in [2.75, 3.05) is 31.1 Å². The number of carbonyl (C=O) groups excluding carboxylic acids is 3. The fraction of sp³-hybridized carbons (Fsp3) is 0.200. The molecule has 3 amide bonds. The first kappa shape index (κ1) is 18.9. The van der Waals surface area contributed by atoms with Crippen molar-refractivity contribution in [3.05, 3.63) is 59.7 Å². The van der Waals surface area contributed by atoms with Gasteiger partial charge in [-0.2, -0.15) is 5.26 Å². The minimum Gasteiger partial charge on any atom is -0.484 e. The zero-order chi connectivity index (χ0) is 20.1. The Bertz CT molecular complexity index is 949. The average Bonchev–Trinajstić information content (AvgIpc) is 2.72. The first-order valence-corrected chi connectivity index (χ1v) is 8.59. The van der Waals surface area contributed by atoms with Crippen LogP contribution in [0.4, 0.5) is 5.69 Å². The molecule has 2 aromatic rings. The summed E-state index contributed by atoms with van der Waals surface area (Å²) < 4.78 is 5.22. The van der Waals surface area contributed by atoms with E-state index in [2.05, 4.69) is 0 Å². The molecule has 1 aliphatic rings. The lowest BCUT2D eigenvalue weighted by atomic mass is 10.1. The zero-order valence-corrected chi connectivity index (χ0v) is 15.0. The monoisotopic (exact) mass is 378 g/mol. The number of amides is 3. The summed E-state index contributed by atoms with van der Waals surface area (Å²) in [5.74, 6) is -0.753. The SMILES string of the molecule is N#Cc1ccc(N2CCN(C(=O)c3cccc(OCC(N)=O)c3)CC2=O)cc1. The molecule has 2 aromatic carbocycles. The van der Waals surface area contributed by atoms with Gasteiger partial charge in [-0.3, -0.25) is 14.4 Å². The second-order valence-corrected chi connectivity index (χ2v) is 6.21. The second-order valence-electron chi connectivity index (χ2n) is 6.21. The molecule has 0 bridgehead atoms. The summed E-state index contributed by atoms with van der Waals surface area (Å²) >= 11 is 0. The van der Waals surface area contributed by atoms with Crippen molar-refractivity contribution in [3.63, 3.8) is 0 Å². The second kappa shape index (κ2) is 8.22. The Balaban J connectivity index is 1.67. The Morgan fingerprint density at radius 3 is 2.54 bits per heavy atom. The van der Waals surface area contributed by atoms with Crippen LogP contribution in [0.15, 0.2) is 48.5 Å². The third-order valence-corrected chi connectivity index (χ3v) is 4.28. The Labute approximate surface area is 161 Å². The lowest BCUT2D eigenvalue weighted by molar-refractivity contribution is -0.121. The number of anilines is 1. The van der Waals surface area contributed by atoms with Crippen LogP contribution in [0.25, 0.3) is 0 Å². The zero-order valence-electron chi connectivity index (χ0n) is 15.0. The fourth-order valence-electron chi connectivity index (χ4n) is 2.89. The maximum Gasteiger partial charge on any atom is 0.255 e. The molecule has 0 aromatic heterocycles. The van der Waals surface area contributed by atoms with Gasteiger partial charge in [-0.25, -0.2) is 0 Å². The highest BCUT2D eigenvalue weighted by Gasteiger charge is 2.28. The van der Waals surface area contributed by atoms with E-state index in [0.29, 0.717) is 35.7 Å². The number of hydrogen-bond donors (Lipinski definition) is 1. The van der Waals surface area contributed by atoms with E-state index in [0.717, 1.165) is 0 Å². The average molecular weight is 378 g/mol. The number of piperazine rings is 1. The van der Waals surface area contributed by atoms with Crippen LogP contribution < -0.4 is 15.4 Å². The summed E-state index contributed by atoms with van der Waals surface area (Å²) in [6, 6.07) is 15.2. The molecule has 0 saturated carbocycles. The molecule has 142 valence electrons. The highest BCUT2D eigenvalue weighted by Crippen LogP contribution is 2.20. The minimum atomic E-state index is -0.610. The molecule has 28 heavy (non-hydrogen) atoms. The number of carbonyl (C=O) groups is 3. The molecule has 0 aliphatic carbocycles. The van der Waals surface area contributed by atoms with Gasteiger partial charge in [0.1, 0.15) is 12.3 Å². The van der Waals surface area contributed by atoms with Gasteiger partial charge in [-0.15, -0.1) is 0 Å². The van der Waals surface area contributed by atoms with E-state index >= 15 is 0 Å². The van der Waals surface area contributed by atoms with E-state index in [1.165, 1.54) is 11.0 Å². The summed E-state index contributed by atoms with van der Waals surface area (Å²) in [4.78, 5) is 39.1. The van der Waals surface area contributed by atoms with Crippen molar-refractivity contribution in [2.24, 2.45) is 5.73 Å². The molecule has 3 rings (SSSR count). The molecule has 0 unspecified atom stereocenters. The van der Waals surface area contributed by atoms with Gasteiger partial charge in [0.2, 0.25) is 5.91 Å². The standard InChI is InChI=1S/C20H18N4O4/c21-11-14-4-6-16(7-5-14)24-9-8-23(12-19(24)26)20(27)15-2-1-3-17(10-15)28-13-18(22)25/h1-7,10H,8-9,12-13H2,(H2,22,25). The summed E-state index contributed by atoms with van der Waals surface area (Å²) in [7, 11) is 0. The highest BCUT2D eigenvalue weighted by molar-refractivity contribution is 6.01. The molecular formula is C20H18N4O4. The quantitative estimate of drug-likeness (QED) is 0.830. The number of rotatable bonds is 5. The summed E-state index contributed by atoms with van der Waals surface area (Å²) in [5.41, 5.74) is 6.62. The van der Waals surface area contributed by atoms with Gasteiger partial charge in [0, 0.05) is 24.3 Å². The predicted molar refractivity (Wildman–Crippen MR) is 101 cm³/mol. The molecule has 0 atom stereocenters.